The van der Waals surface area contributed by atoms with Crippen LogP contribution in [0.5, 0.6) is 0 Å². The molecule has 2 rings (SSSR count). The van der Waals surface area contributed by atoms with E-state index in [1.54, 1.807) is 12.4 Å². The van der Waals surface area contributed by atoms with Crippen molar-refractivity contribution in [2.24, 2.45) is 0 Å². The summed E-state index contributed by atoms with van der Waals surface area (Å²) in [5.41, 5.74) is 0.442. The molecule has 0 spiro atoms. The van der Waals surface area contributed by atoms with Gasteiger partial charge in [0.05, 0.1) is 0 Å². The van der Waals surface area contributed by atoms with Crippen LogP contribution < -0.4 is 0 Å². The Morgan fingerprint density at radius 2 is 2.05 bits per heavy atom. The van der Waals surface area contributed by atoms with Gasteiger partial charge in [0.1, 0.15) is 5.60 Å². The minimum atomic E-state index is -0.541. The van der Waals surface area contributed by atoms with Crippen molar-refractivity contribution in [2.75, 3.05) is 6.61 Å². The number of ether oxygens (including phenoxy) is 1. The van der Waals surface area contributed by atoms with Gasteiger partial charge in [0.25, 0.3) is 0 Å². The molecule has 0 atom stereocenters. The van der Waals surface area contributed by atoms with Crippen LogP contribution >= 0.6 is 0 Å². The number of hydrogen-bond acceptors (Lipinski definition) is 3. The second-order valence-electron chi connectivity index (χ2n) is 5.30. The highest BCUT2D eigenvalue weighted by atomic mass is 16.5. The maximum absolute atomic E-state index is 12.7. The summed E-state index contributed by atoms with van der Waals surface area (Å²) in [6.07, 6.45) is 10.3. The normalized spacial score (nSPS) is 18.8. The Bertz CT molecular complexity index is 394. The molecular weight excluding hydrogens is 238 g/mol. The Morgan fingerprint density at radius 1 is 1.32 bits per heavy atom. The first-order valence-electron chi connectivity index (χ1n) is 7.33. The molecule has 0 unspecified atom stereocenters. The molecule has 0 bridgehead atoms. The Morgan fingerprint density at radius 3 is 2.63 bits per heavy atom. The van der Waals surface area contributed by atoms with Crippen LogP contribution in [-0.2, 0) is 16.0 Å². The summed E-state index contributed by atoms with van der Waals surface area (Å²) in [5, 5.41) is 0. The van der Waals surface area contributed by atoms with Crippen LogP contribution in [0.3, 0.4) is 0 Å². The number of nitrogens with zero attached hydrogens (tertiary/aromatic N) is 1. The van der Waals surface area contributed by atoms with Crippen LogP contribution in [0.4, 0.5) is 0 Å². The molecule has 3 nitrogen and oxygen atoms in total. The molecule has 0 aliphatic heterocycles. The van der Waals surface area contributed by atoms with Gasteiger partial charge in [-0.2, -0.15) is 0 Å². The molecule has 0 amide bonds. The molecule has 3 heteroatoms. The third kappa shape index (κ3) is 3.63. The number of aromatic nitrogens is 1. The lowest BCUT2D eigenvalue weighted by Gasteiger charge is -2.31. The van der Waals surface area contributed by atoms with Crippen molar-refractivity contribution < 1.29 is 9.53 Å². The van der Waals surface area contributed by atoms with Gasteiger partial charge >= 0.3 is 0 Å². The summed E-state index contributed by atoms with van der Waals surface area (Å²) in [4.78, 5) is 16.8. The Hall–Kier alpha value is -1.22. The van der Waals surface area contributed by atoms with Crippen LogP contribution in [0.15, 0.2) is 24.5 Å². The maximum Gasteiger partial charge on any atom is 0.169 e. The van der Waals surface area contributed by atoms with Crippen molar-refractivity contribution in [3.63, 3.8) is 0 Å². The van der Waals surface area contributed by atoms with Crippen LogP contribution in [0, 0.1) is 0 Å². The van der Waals surface area contributed by atoms with Crippen LogP contribution in [0.1, 0.15) is 51.0 Å². The number of rotatable bonds is 5. The van der Waals surface area contributed by atoms with Crippen LogP contribution in [0.2, 0.25) is 0 Å². The van der Waals surface area contributed by atoms with Crippen molar-refractivity contribution >= 4 is 5.78 Å². The standard InChI is InChI=1S/C16H23NO2/c1-2-19-16(9-5-3-4-6-10-16)15(18)12-14-8-7-11-17-13-14/h7-8,11,13H,2-6,9-10,12H2,1H3. The monoisotopic (exact) mass is 261 g/mol. The lowest BCUT2D eigenvalue weighted by Crippen LogP contribution is -2.42. The largest absolute Gasteiger partial charge is 0.367 e. The van der Waals surface area contributed by atoms with E-state index in [0.29, 0.717) is 13.0 Å². The summed E-state index contributed by atoms with van der Waals surface area (Å²) >= 11 is 0. The zero-order chi connectivity index (χ0) is 13.6. The zero-order valence-electron chi connectivity index (χ0n) is 11.7. The molecule has 19 heavy (non-hydrogen) atoms. The summed E-state index contributed by atoms with van der Waals surface area (Å²) in [6, 6.07) is 3.84. The first-order chi connectivity index (χ1) is 9.27. The fourth-order valence-electron chi connectivity index (χ4n) is 2.93. The smallest absolute Gasteiger partial charge is 0.169 e. The fourth-order valence-corrected chi connectivity index (χ4v) is 2.93. The van der Waals surface area contributed by atoms with Gasteiger partial charge in [-0.25, -0.2) is 0 Å². The summed E-state index contributed by atoms with van der Waals surface area (Å²) < 4.78 is 5.91. The maximum atomic E-state index is 12.7. The van der Waals surface area contributed by atoms with Crippen molar-refractivity contribution in [3.8, 4) is 0 Å². The highest BCUT2D eigenvalue weighted by molar-refractivity contribution is 5.89. The number of carbonyl (C=O) groups excluding carboxylic acids is 1. The Labute approximate surface area is 115 Å². The van der Waals surface area contributed by atoms with Gasteiger partial charge in [-0.1, -0.05) is 31.7 Å². The molecule has 1 fully saturated rings. The van der Waals surface area contributed by atoms with E-state index in [4.69, 9.17) is 4.74 Å². The highest BCUT2D eigenvalue weighted by Gasteiger charge is 2.38. The predicted octanol–water partition coefficient (Wildman–Crippen LogP) is 3.32. The van der Waals surface area contributed by atoms with Gasteiger partial charge in [0.2, 0.25) is 0 Å². The van der Waals surface area contributed by atoms with E-state index >= 15 is 0 Å². The van der Waals surface area contributed by atoms with Gasteiger partial charge in [-0.15, -0.1) is 0 Å². The molecule has 1 aromatic heterocycles. The number of hydrogen-bond donors (Lipinski definition) is 0. The molecule has 1 heterocycles. The van der Waals surface area contributed by atoms with E-state index in [1.807, 2.05) is 19.1 Å². The van der Waals surface area contributed by atoms with Gasteiger partial charge < -0.3 is 4.74 Å². The summed E-state index contributed by atoms with van der Waals surface area (Å²) in [6.45, 7) is 2.59. The second-order valence-corrected chi connectivity index (χ2v) is 5.30. The van der Waals surface area contributed by atoms with E-state index in [1.165, 1.54) is 12.8 Å². The first kappa shape index (κ1) is 14.2. The molecule has 0 saturated heterocycles. The minimum absolute atomic E-state index is 0.226. The van der Waals surface area contributed by atoms with Crippen LogP contribution in [0.25, 0.3) is 0 Å². The minimum Gasteiger partial charge on any atom is -0.367 e. The number of carbonyl (C=O) groups is 1. The molecule has 1 aliphatic carbocycles. The summed E-state index contributed by atoms with van der Waals surface area (Å²) in [7, 11) is 0. The van der Waals surface area contributed by atoms with Crippen molar-refractivity contribution in [2.45, 2.75) is 57.5 Å². The molecule has 0 aromatic carbocycles. The number of Topliss-reactive ketones (excluding diaryl/α,β-unsaturated/α-hetero) is 1. The topological polar surface area (TPSA) is 39.2 Å². The average molecular weight is 261 g/mol. The van der Waals surface area contributed by atoms with Gasteiger partial charge in [-0.05, 0) is 31.4 Å². The van der Waals surface area contributed by atoms with Crippen molar-refractivity contribution in [1.29, 1.82) is 0 Å². The molecule has 1 aromatic rings. The molecule has 0 radical (unpaired) electrons. The fraction of sp³-hybridized carbons (Fsp3) is 0.625. The molecule has 0 N–H and O–H groups in total. The quantitative estimate of drug-likeness (QED) is 0.763. The molecular formula is C16H23NO2. The van der Waals surface area contributed by atoms with E-state index in [9.17, 15) is 4.79 Å². The zero-order valence-corrected chi connectivity index (χ0v) is 11.7. The molecule has 104 valence electrons. The average Bonchev–Trinajstić information content (AvgIpc) is 2.67. The van der Waals surface area contributed by atoms with Crippen molar-refractivity contribution in [3.05, 3.63) is 30.1 Å². The van der Waals surface area contributed by atoms with Crippen LogP contribution in [-0.4, -0.2) is 23.0 Å². The predicted molar refractivity (Wildman–Crippen MR) is 75.0 cm³/mol. The molecule has 1 aliphatic rings. The van der Waals surface area contributed by atoms with E-state index in [-0.39, 0.29) is 5.78 Å². The molecule has 1 saturated carbocycles. The third-order valence-electron chi connectivity index (χ3n) is 3.93. The van der Waals surface area contributed by atoms with E-state index in [2.05, 4.69) is 4.98 Å². The number of pyridine rings is 1. The Kier molecular flexibility index (Phi) is 5.08. The highest BCUT2D eigenvalue weighted by Crippen LogP contribution is 2.32. The van der Waals surface area contributed by atoms with Gasteiger partial charge in [0, 0.05) is 25.4 Å². The lowest BCUT2D eigenvalue weighted by molar-refractivity contribution is -0.145. The third-order valence-corrected chi connectivity index (χ3v) is 3.93. The number of ketones is 1. The SMILES string of the molecule is CCOC1(C(=O)Cc2cccnc2)CCCCCC1. The second kappa shape index (κ2) is 6.80. The van der Waals surface area contributed by atoms with Gasteiger partial charge in [0.15, 0.2) is 5.78 Å². The first-order valence-corrected chi connectivity index (χ1v) is 7.33. The summed E-state index contributed by atoms with van der Waals surface area (Å²) in [5.74, 6) is 0.226. The van der Waals surface area contributed by atoms with Crippen molar-refractivity contribution in [1.82, 2.24) is 4.98 Å². The van der Waals surface area contributed by atoms with E-state index in [0.717, 1.165) is 31.2 Å². The van der Waals surface area contributed by atoms with Gasteiger partial charge in [-0.3, -0.25) is 9.78 Å². The Balaban J connectivity index is 2.11. The lowest BCUT2D eigenvalue weighted by atomic mass is 9.86. The van der Waals surface area contributed by atoms with E-state index < -0.39 is 5.60 Å².